The molecule has 4 rings (SSSR count). The summed E-state index contributed by atoms with van der Waals surface area (Å²) in [6, 6.07) is 1.82. The molecule has 0 saturated carbocycles. The Kier molecular flexibility index (Phi) is 6.64. The average molecular weight is 435 g/mol. The minimum atomic E-state index is -3.39. The molecule has 0 aliphatic carbocycles. The van der Waals surface area contributed by atoms with E-state index in [2.05, 4.69) is 24.8 Å². The first-order valence-corrected chi connectivity index (χ1v) is 12.3. The van der Waals surface area contributed by atoms with Crippen molar-refractivity contribution in [2.24, 2.45) is 0 Å². The quantitative estimate of drug-likeness (QED) is 0.615. The molecule has 0 unspecified atom stereocenters. The lowest BCUT2D eigenvalue weighted by Gasteiger charge is -2.34. The maximum atomic E-state index is 12.8. The summed E-state index contributed by atoms with van der Waals surface area (Å²) in [5.74, 6) is 0.874. The molecule has 2 aliphatic heterocycles. The van der Waals surface area contributed by atoms with Crippen LogP contribution in [0.3, 0.4) is 0 Å². The van der Waals surface area contributed by atoms with E-state index in [1.54, 1.807) is 18.6 Å². The van der Waals surface area contributed by atoms with E-state index in [-0.39, 0.29) is 17.0 Å². The van der Waals surface area contributed by atoms with Crippen molar-refractivity contribution in [2.75, 3.05) is 43.4 Å². The molecule has 2 fully saturated rings. The zero-order chi connectivity index (χ0) is 21.0. The van der Waals surface area contributed by atoms with E-state index < -0.39 is 9.84 Å². The number of sulfone groups is 1. The van der Waals surface area contributed by atoms with Gasteiger partial charge in [0.1, 0.15) is 0 Å². The molecule has 4 heterocycles. The third-order valence-electron chi connectivity index (χ3n) is 5.66. The van der Waals surface area contributed by atoms with E-state index in [4.69, 9.17) is 4.74 Å². The van der Waals surface area contributed by atoms with Crippen molar-refractivity contribution < 1.29 is 13.2 Å². The van der Waals surface area contributed by atoms with Crippen molar-refractivity contribution in [3.05, 3.63) is 30.4 Å². The Morgan fingerprint density at radius 3 is 2.57 bits per heavy atom. The molecule has 0 aromatic carbocycles. The van der Waals surface area contributed by atoms with E-state index in [1.165, 1.54) is 0 Å². The molecule has 30 heavy (non-hydrogen) atoms. The number of hydrogen-bond acceptors (Lipinski definition) is 8. The molecule has 0 N–H and O–H groups in total. The summed E-state index contributed by atoms with van der Waals surface area (Å²) in [5, 5.41) is 0.186. The van der Waals surface area contributed by atoms with Gasteiger partial charge in [0.15, 0.2) is 0 Å². The largest absolute Gasteiger partial charge is 0.376 e. The highest BCUT2D eigenvalue weighted by Gasteiger charge is 2.27. The standard InChI is InChI=1S/C20H30N6O3S/c1-2-13-30(27,28)20-23-14-17(26(20)16-18-5-3-12-29-18)15-24-8-10-25(11-9-24)19-21-6-4-7-22-19/h4,6-7,14,18H,2-3,5,8-13,15-16H2,1H3/t18-/m1/s1. The van der Waals surface area contributed by atoms with E-state index >= 15 is 0 Å². The zero-order valence-electron chi connectivity index (χ0n) is 17.5. The summed E-state index contributed by atoms with van der Waals surface area (Å²) < 4.78 is 33.2. The molecule has 2 aromatic rings. The van der Waals surface area contributed by atoms with Gasteiger partial charge >= 0.3 is 0 Å². The number of nitrogens with zero attached hydrogens (tertiary/aromatic N) is 6. The Labute approximate surface area is 178 Å². The number of anilines is 1. The molecule has 2 saturated heterocycles. The smallest absolute Gasteiger partial charge is 0.227 e. The topological polar surface area (TPSA) is 93.5 Å². The Balaban J connectivity index is 1.47. The fourth-order valence-corrected chi connectivity index (χ4v) is 5.56. The number of hydrogen-bond donors (Lipinski definition) is 0. The molecule has 2 aromatic heterocycles. The minimum absolute atomic E-state index is 0.0561. The van der Waals surface area contributed by atoms with Crippen molar-refractivity contribution >= 4 is 15.8 Å². The van der Waals surface area contributed by atoms with Crippen molar-refractivity contribution in [3.63, 3.8) is 0 Å². The molecular weight excluding hydrogens is 404 g/mol. The fraction of sp³-hybridized carbons (Fsp3) is 0.650. The van der Waals surface area contributed by atoms with Gasteiger partial charge in [0.2, 0.25) is 20.9 Å². The van der Waals surface area contributed by atoms with E-state index in [0.29, 0.717) is 19.5 Å². The second-order valence-corrected chi connectivity index (χ2v) is 9.91. The Morgan fingerprint density at radius 1 is 1.13 bits per heavy atom. The van der Waals surface area contributed by atoms with E-state index in [9.17, 15) is 8.42 Å². The van der Waals surface area contributed by atoms with Crippen LogP contribution in [0.5, 0.6) is 0 Å². The number of piperazine rings is 1. The molecule has 0 amide bonds. The minimum Gasteiger partial charge on any atom is -0.376 e. The second kappa shape index (κ2) is 9.40. The predicted molar refractivity (Wildman–Crippen MR) is 113 cm³/mol. The Hall–Kier alpha value is -2.04. The van der Waals surface area contributed by atoms with Crippen LogP contribution in [-0.4, -0.2) is 77.5 Å². The zero-order valence-corrected chi connectivity index (χ0v) is 18.3. The summed E-state index contributed by atoms with van der Waals surface area (Å²) in [6.07, 6.45) is 7.86. The van der Waals surface area contributed by atoms with Crippen LogP contribution < -0.4 is 4.90 Å². The Bertz CT molecular complexity index is 919. The van der Waals surface area contributed by atoms with Crippen molar-refractivity contribution in [1.82, 2.24) is 24.4 Å². The molecule has 10 heteroatoms. The van der Waals surface area contributed by atoms with Gasteiger partial charge in [0, 0.05) is 51.7 Å². The predicted octanol–water partition coefficient (Wildman–Crippen LogP) is 1.36. The summed E-state index contributed by atoms with van der Waals surface area (Å²) in [5.41, 5.74) is 0.935. The van der Waals surface area contributed by atoms with Crippen LogP contribution in [0.1, 0.15) is 31.9 Å². The summed E-state index contributed by atoms with van der Waals surface area (Å²) in [7, 11) is -3.39. The van der Waals surface area contributed by atoms with Gasteiger partial charge < -0.3 is 14.2 Å². The number of aromatic nitrogens is 4. The van der Waals surface area contributed by atoms with Crippen molar-refractivity contribution in [1.29, 1.82) is 0 Å². The van der Waals surface area contributed by atoms with Crippen molar-refractivity contribution in [3.8, 4) is 0 Å². The lowest BCUT2D eigenvalue weighted by Crippen LogP contribution is -2.46. The van der Waals surface area contributed by atoms with Crippen LogP contribution in [-0.2, 0) is 27.7 Å². The molecule has 0 bridgehead atoms. The first-order chi connectivity index (χ1) is 14.6. The molecule has 164 valence electrons. The molecular formula is C20H30N6O3S. The SMILES string of the molecule is CCCS(=O)(=O)c1ncc(CN2CCN(c3ncccn3)CC2)n1C[C@H]1CCCO1. The van der Waals surface area contributed by atoms with Gasteiger partial charge in [-0.25, -0.2) is 23.4 Å². The monoisotopic (exact) mass is 434 g/mol. The van der Waals surface area contributed by atoms with Crippen LogP contribution in [0.15, 0.2) is 29.8 Å². The van der Waals surface area contributed by atoms with Gasteiger partial charge in [-0.15, -0.1) is 0 Å². The van der Waals surface area contributed by atoms with Gasteiger partial charge in [-0.3, -0.25) is 4.90 Å². The molecule has 1 atom stereocenters. The molecule has 0 spiro atoms. The second-order valence-electron chi connectivity index (χ2n) is 7.91. The first-order valence-electron chi connectivity index (χ1n) is 10.7. The number of ether oxygens (including phenoxy) is 1. The van der Waals surface area contributed by atoms with Crippen LogP contribution in [0.2, 0.25) is 0 Å². The van der Waals surface area contributed by atoms with E-state index in [0.717, 1.165) is 57.3 Å². The normalized spacial score (nSPS) is 20.7. The van der Waals surface area contributed by atoms with Crippen LogP contribution >= 0.6 is 0 Å². The fourth-order valence-electron chi connectivity index (χ4n) is 4.10. The maximum Gasteiger partial charge on any atom is 0.227 e. The maximum absolute atomic E-state index is 12.8. The average Bonchev–Trinajstić information content (AvgIpc) is 3.40. The van der Waals surface area contributed by atoms with Crippen molar-refractivity contribution in [2.45, 2.75) is 50.5 Å². The summed E-state index contributed by atoms with van der Waals surface area (Å²) in [6.45, 7) is 7.24. The van der Waals surface area contributed by atoms with E-state index in [1.807, 2.05) is 17.6 Å². The summed E-state index contributed by atoms with van der Waals surface area (Å²) in [4.78, 5) is 17.5. The highest BCUT2D eigenvalue weighted by Crippen LogP contribution is 2.21. The Morgan fingerprint density at radius 2 is 1.90 bits per heavy atom. The van der Waals surface area contributed by atoms with Crippen LogP contribution in [0.4, 0.5) is 5.95 Å². The third-order valence-corrected chi connectivity index (χ3v) is 7.48. The van der Waals surface area contributed by atoms with Gasteiger partial charge in [0.05, 0.1) is 30.3 Å². The highest BCUT2D eigenvalue weighted by molar-refractivity contribution is 7.91. The third kappa shape index (κ3) is 4.81. The van der Waals surface area contributed by atoms with Gasteiger partial charge in [-0.05, 0) is 25.3 Å². The molecule has 0 radical (unpaired) electrons. The van der Waals surface area contributed by atoms with Crippen LogP contribution in [0, 0.1) is 0 Å². The number of rotatable bonds is 8. The lowest BCUT2D eigenvalue weighted by atomic mass is 10.2. The molecule has 2 aliphatic rings. The van der Waals surface area contributed by atoms with Gasteiger partial charge in [0.25, 0.3) is 0 Å². The van der Waals surface area contributed by atoms with Gasteiger partial charge in [-0.1, -0.05) is 6.92 Å². The number of imidazole rings is 1. The first kappa shape index (κ1) is 21.2. The molecule has 9 nitrogen and oxygen atoms in total. The highest BCUT2D eigenvalue weighted by atomic mass is 32.2. The van der Waals surface area contributed by atoms with Crippen LogP contribution in [0.25, 0.3) is 0 Å². The lowest BCUT2D eigenvalue weighted by molar-refractivity contribution is 0.0931. The van der Waals surface area contributed by atoms with Gasteiger partial charge in [-0.2, -0.15) is 0 Å². The summed E-state index contributed by atoms with van der Waals surface area (Å²) >= 11 is 0.